The van der Waals surface area contributed by atoms with E-state index < -0.39 is 10.8 Å². The molecular weight excluding hydrogens is 418 g/mol. The maximum atomic E-state index is 12.3. The predicted octanol–water partition coefficient (Wildman–Crippen LogP) is 4.90. The van der Waals surface area contributed by atoms with Crippen molar-refractivity contribution < 1.29 is 14.8 Å². The molecular formula is C17H14BrN5O4. The molecule has 3 N–H and O–H groups in total. The van der Waals surface area contributed by atoms with Crippen LogP contribution in [0.1, 0.15) is 17.3 Å². The predicted molar refractivity (Wildman–Crippen MR) is 104 cm³/mol. The number of nitrogens with zero attached hydrogens (tertiary/aromatic N) is 3. The van der Waals surface area contributed by atoms with E-state index in [1.165, 1.54) is 12.1 Å². The van der Waals surface area contributed by atoms with Gasteiger partial charge in [0.2, 0.25) is 5.88 Å². The summed E-state index contributed by atoms with van der Waals surface area (Å²) in [6.45, 7) is 2.31. The SMILES string of the molecule is CCNc1ccc(C(=O)N=Nc2c(O)[nH]c3ccc(Br)cc23)cc1[N+](=O)[O-]. The van der Waals surface area contributed by atoms with Crippen molar-refractivity contribution in [1.82, 2.24) is 4.98 Å². The fourth-order valence-electron chi connectivity index (χ4n) is 2.55. The van der Waals surface area contributed by atoms with Gasteiger partial charge in [-0.1, -0.05) is 15.9 Å². The maximum Gasteiger partial charge on any atom is 0.295 e. The number of benzene rings is 2. The summed E-state index contributed by atoms with van der Waals surface area (Å²) in [5.74, 6) is -0.988. The molecule has 0 unspecified atom stereocenters. The van der Waals surface area contributed by atoms with E-state index in [-0.39, 0.29) is 22.8 Å². The van der Waals surface area contributed by atoms with Gasteiger partial charge in [-0.25, -0.2) is 0 Å². The molecule has 0 aliphatic carbocycles. The number of amides is 1. The number of anilines is 1. The normalized spacial score (nSPS) is 11.2. The average molecular weight is 432 g/mol. The summed E-state index contributed by atoms with van der Waals surface area (Å²) in [7, 11) is 0. The molecule has 1 amide bonds. The van der Waals surface area contributed by atoms with Crippen molar-refractivity contribution in [1.29, 1.82) is 0 Å². The highest BCUT2D eigenvalue weighted by Gasteiger charge is 2.18. The Kier molecular flexibility index (Phi) is 5.17. The van der Waals surface area contributed by atoms with E-state index in [0.717, 1.165) is 10.5 Å². The first-order valence-electron chi connectivity index (χ1n) is 7.89. The zero-order chi connectivity index (χ0) is 19.6. The molecule has 0 saturated heterocycles. The van der Waals surface area contributed by atoms with Gasteiger partial charge < -0.3 is 15.4 Å². The standard InChI is InChI=1S/C17H14BrN5O4/c1-2-19-13-5-3-9(7-14(13)23(26)27)16(24)22-21-15-11-8-10(18)4-6-12(11)20-17(15)25/h3-8,19-20,25H,2H2,1H3. The average Bonchev–Trinajstić information content (AvgIpc) is 2.94. The van der Waals surface area contributed by atoms with Crippen LogP contribution in [-0.2, 0) is 0 Å². The summed E-state index contributed by atoms with van der Waals surface area (Å²) in [5.41, 5.74) is 0.848. The highest BCUT2D eigenvalue weighted by atomic mass is 79.9. The summed E-state index contributed by atoms with van der Waals surface area (Å²) >= 11 is 3.33. The third-order valence-corrected chi connectivity index (χ3v) is 4.26. The molecule has 0 saturated carbocycles. The molecule has 1 heterocycles. The fraction of sp³-hybridized carbons (Fsp3) is 0.118. The number of H-pyrrole nitrogens is 1. The van der Waals surface area contributed by atoms with Crippen LogP contribution in [0.15, 0.2) is 51.1 Å². The number of aromatic amines is 1. The van der Waals surface area contributed by atoms with Gasteiger partial charge in [-0.05, 0) is 37.3 Å². The van der Waals surface area contributed by atoms with Crippen molar-refractivity contribution >= 4 is 49.8 Å². The molecule has 3 rings (SSSR count). The lowest BCUT2D eigenvalue weighted by atomic mass is 10.1. The maximum absolute atomic E-state index is 12.3. The summed E-state index contributed by atoms with van der Waals surface area (Å²) in [6.07, 6.45) is 0. The number of nitro benzene ring substituents is 1. The Hall–Kier alpha value is -3.27. The fourth-order valence-corrected chi connectivity index (χ4v) is 2.91. The van der Waals surface area contributed by atoms with Crippen LogP contribution in [0, 0.1) is 10.1 Å². The van der Waals surface area contributed by atoms with Crippen LogP contribution in [0.3, 0.4) is 0 Å². The molecule has 0 spiro atoms. The van der Waals surface area contributed by atoms with E-state index in [1.54, 1.807) is 18.2 Å². The van der Waals surface area contributed by atoms with Gasteiger partial charge in [-0.15, -0.1) is 10.2 Å². The Morgan fingerprint density at radius 2 is 2.11 bits per heavy atom. The molecule has 0 radical (unpaired) electrons. The van der Waals surface area contributed by atoms with Gasteiger partial charge in [-0.2, -0.15) is 0 Å². The van der Waals surface area contributed by atoms with Crippen LogP contribution in [0.2, 0.25) is 0 Å². The summed E-state index contributed by atoms with van der Waals surface area (Å²) in [5, 5.41) is 32.1. The molecule has 2 aromatic carbocycles. The molecule has 0 aliphatic heterocycles. The number of aromatic nitrogens is 1. The van der Waals surface area contributed by atoms with E-state index in [2.05, 4.69) is 36.5 Å². The minimum Gasteiger partial charge on any atom is -0.493 e. The van der Waals surface area contributed by atoms with Gasteiger partial charge in [-0.3, -0.25) is 14.9 Å². The molecule has 0 bridgehead atoms. The molecule has 9 nitrogen and oxygen atoms in total. The first-order valence-corrected chi connectivity index (χ1v) is 8.68. The zero-order valence-corrected chi connectivity index (χ0v) is 15.6. The zero-order valence-electron chi connectivity index (χ0n) is 14.1. The largest absolute Gasteiger partial charge is 0.493 e. The van der Waals surface area contributed by atoms with Gasteiger partial charge >= 0.3 is 0 Å². The highest BCUT2D eigenvalue weighted by Crippen LogP contribution is 2.37. The number of azo groups is 1. The first kappa shape index (κ1) is 18.5. The molecule has 27 heavy (non-hydrogen) atoms. The van der Waals surface area contributed by atoms with Crippen LogP contribution in [0.5, 0.6) is 5.88 Å². The van der Waals surface area contributed by atoms with E-state index >= 15 is 0 Å². The lowest BCUT2D eigenvalue weighted by Crippen LogP contribution is -2.03. The van der Waals surface area contributed by atoms with E-state index in [9.17, 15) is 20.0 Å². The molecule has 138 valence electrons. The van der Waals surface area contributed by atoms with Crippen LogP contribution >= 0.6 is 15.9 Å². The van der Waals surface area contributed by atoms with Crippen molar-refractivity contribution in [2.24, 2.45) is 10.2 Å². The Bertz CT molecular complexity index is 1080. The van der Waals surface area contributed by atoms with Crippen LogP contribution in [-0.4, -0.2) is 27.5 Å². The number of hydrogen-bond acceptors (Lipinski definition) is 6. The van der Waals surface area contributed by atoms with Crippen molar-refractivity contribution in [3.05, 3.63) is 56.5 Å². The molecule has 0 aliphatic rings. The third kappa shape index (κ3) is 3.80. The lowest BCUT2D eigenvalue weighted by molar-refractivity contribution is -0.384. The van der Waals surface area contributed by atoms with Crippen molar-refractivity contribution in [3.8, 4) is 5.88 Å². The summed E-state index contributed by atoms with van der Waals surface area (Å²) < 4.78 is 0.770. The number of halogens is 1. The number of nitrogens with one attached hydrogen (secondary N) is 2. The topological polar surface area (TPSA) is 133 Å². The molecule has 1 aromatic heterocycles. The second-order valence-corrected chi connectivity index (χ2v) is 6.45. The minimum atomic E-state index is -0.759. The van der Waals surface area contributed by atoms with Gasteiger partial charge in [0.05, 0.1) is 16.0 Å². The van der Waals surface area contributed by atoms with E-state index in [1.807, 2.05) is 6.92 Å². The molecule has 0 fully saturated rings. The number of fused-ring (bicyclic) bond motifs is 1. The summed E-state index contributed by atoms with van der Waals surface area (Å²) in [4.78, 5) is 25.7. The Morgan fingerprint density at radius 3 is 2.81 bits per heavy atom. The number of aromatic hydroxyl groups is 1. The minimum absolute atomic E-state index is 0.0209. The quantitative estimate of drug-likeness (QED) is 0.300. The van der Waals surface area contributed by atoms with Crippen molar-refractivity contribution in [2.75, 3.05) is 11.9 Å². The van der Waals surface area contributed by atoms with Crippen LogP contribution in [0.25, 0.3) is 10.9 Å². The number of hydrogen-bond donors (Lipinski definition) is 3. The van der Waals surface area contributed by atoms with E-state index in [0.29, 0.717) is 23.1 Å². The number of carbonyl (C=O) groups excluding carboxylic acids is 1. The Morgan fingerprint density at radius 1 is 1.33 bits per heavy atom. The number of nitro groups is 1. The second-order valence-electron chi connectivity index (χ2n) is 5.54. The smallest absolute Gasteiger partial charge is 0.295 e. The third-order valence-electron chi connectivity index (χ3n) is 3.76. The molecule has 3 aromatic rings. The van der Waals surface area contributed by atoms with Gasteiger partial charge in [0.15, 0.2) is 5.69 Å². The summed E-state index contributed by atoms with van der Waals surface area (Å²) in [6, 6.07) is 9.27. The van der Waals surface area contributed by atoms with Gasteiger partial charge in [0.1, 0.15) is 5.69 Å². The van der Waals surface area contributed by atoms with Crippen LogP contribution < -0.4 is 5.32 Å². The van der Waals surface area contributed by atoms with Crippen molar-refractivity contribution in [3.63, 3.8) is 0 Å². The van der Waals surface area contributed by atoms with Crippen LogP contribution in [0.4, 0.5) is 17.1 Å². The van der Waals surface area contributed by atoms with Crippen molar-refractivity contribution in [2.45, 2.75) is 6.92 Å². The van der Waals surface area contributed by atoms with E-state index in [4.69, 9.17) is 0 Å². The van der Waals surface area contributed by atoms with Gasteiger partial charge in [0, 0.05) is 22.5 Å². The van der Waals surface area contributed by atoms with Gasteiger partial charge in [0.25, 0.3) is 11.6 Å². The number of carbonyl (C=O) groups is 1. The molecule has 0 atom stereocenters. The molecule has 10 heteroatoms. The number of rotatable bonds is 5. The highest BCUT2D eigenvalue weighted by molar-refractivity contribution is 9.10. The Balaban J connectivity index is 1.94. The lowest BCUT2D eigenvalue weighted by Gasteiger charge is -2.05. The second kappa shape index (κ2) is 7.54. The first-order chi connectivity index (χ1) is 12.9. The Labute approximate surface area is 161 Å². The monoisotopic (exact) mass is 431 g/mol.